The fourth-order valence-electron chi connectivity index (χ4n) is 1.84. The number of carbonyl (C=O) groups is 1. The molecule has 3 aromatic rings. The molecule has 0 unspecified atom stereocenters. The zero-order chi connectivity index (χ0) is 13.4. The molecule has 7 heteroatoms. The van der Waals surface area contributed by atoms with E-state index in [0.29, 0.717) is 5.56 Å². The maximum Gasteiger partial charge on any atom is 0.300 e. The minimum Gasteiger partial charge on any atom is -0.369 e. The molecule has 0 aliphatic carbocycles. The first-order valence-corrected chi connectivity index (χ1v) is 5.50. The number of fused-ring (bicyclic) bond motifs is 1. The first-order valence-electron chi connectivity index (χ1n) is 5.50. The molecule has 0 aliphatic rings. The molecule has 0 bridgehead atoms. The van der Waals surface area contributed by atoms with Crippen LogP contribution in [0.25, 0.3) is 11.2 Å². The lowest BCUT2D eigenvalue weighted by molar-refractivity contribution is 0.0965. The van der Waals surface area contributed by atoms with Crippen LogP contribution in [0.2, 0.25) is 0 Å². The van der Waals surface area contributed by atoms with E-state index in [1.807, 2.05) is 0 Å². The third-order valence-corrected chi connectivity index (χ3v) is 2.71. The molecule has 0 saturated carbocycles. The highest BCUT2D eigenvalue weighted by molar-refractivity contribution is 6.01. The van der Waals surface area contributed by atoms with E-state index in [0.717, 1.165) is 4.57 Å². The van der Waals surface area contributed by atoms with E-state index in [9.17, 15) is 9.59 Å². The van der Waals surface area contributed by atoms with Crippen LogP contribution in [0.4, 0.5) is 5.95 Å². The van der Waals surface area contributed by atoms with Gasteiger partial charge in [-0.05, 0) is 12.1 Å². The molecular weight excluding hydrogens is 246 g/mol. The van der Waals surface area contributed by atoms with Gasteiger partial charge in [0, 0.05) is 5.56 Å². The van der Waals surface area contributed by atoms with Crippen LogP contribution in [-0.2, 0) is 0 Å². The summed E-state index contributed by atoms with van der Waals surface area (Å²) in [5.41, 5.74) is 5.88. The summed E-state index contributed by atoms with van der Waals surface area (Å²) in [7, 11) is 0. The van der Waals surface area contributed by atoms with E-state index in [2.05, 4.69) is 15.0 Å². The van der Waals surface area contributed by atoms with Gasteiger partial charge in [-0.2, -0.15) is 4.98 Å². The maximum atomic E-state index is 12.4. The standard InChI is InChI=1S/C12H9N5O2/c13-12-16-10(18)8-9(15-6-14-8)17(12)11(19)7-4-2-1-3-5-7/h1-6H,(H,14,15)(H2,13,16,18). The Hall–Kier alpha value is -2.96. The van der Waals surface area contributed by atoms with Crippen molar-refractivity contribution in [1.29, 1.82) is 0 Å². The summed E-state index contributed by atoms with van der Waals surface area (Å²) in [5.74, 6) is -0.568. The fraction of sp³-hybridized carbons (Fsp3) is 0. The van der Waals surface area contributed by atoms with Crippen molar-refractivity contribution >= 4 is 23.0 Å². The van der Waals surface area contributed by atoms with E-state index >= 15 is 0 Å². The van der Waals surface area contributed by atoms with Crippen LogP contribution in [0.3, 0.4) is 0 Å². The number of imidazole rings is 1. The van der Waals surface area contributed by atoms with Crippen molar-refractivity contribution in [3.05, 3.63) is 52.6 Å². The van der Waals surface area contributed by atoms with Crippen molar-refractivity contribution in [2.75, 3.05) is 5.73 Å². The van der Waals surface area contributed by atoms with Crippen molar-refractivity contribution < 1.29 is 4.79 Å². The SMILES string of the molecule is Nc1nc(=O)c2[nH]cnc2n1C(=O)c1ccccc1. The number of H-pyrrole nitrogens is 1. The number of aromatic amines is 1. The molecule has 2 aromatic heterocycles. The Labute approximate surface area is 106 Å². The largest absolute Gasteiger partial charge is 0.369 e. The molecule has 0 amide bonds. The second-order valence-electron chi connectivity index (χ2n) is 3.88. The van der Waals surface area contributed by atoms with Crippen LogP contribution in [0.1, 0.15) is 10.4 Å². The number of nitrogens with two attached hydrogens (primary N) is 1. The van der Waals surface area contributed by atoms with Crippen LogP contribution in [0.5, 0.6) is 0 Å². The molecule has 2 heterocycles. The van der Waals surface area contributed by atoms with Gasteiger partial charge in [0.05, 0.1) is 6.33 Å². The van der Waals surface area contributed by atoms with Crippen molar-refractivity contribution in [2.24, 2.45) is 0 Å². The van der Waals surface area contributed by atoms with Gasteiger partial charge in [0.1, 0.15) is 0 Å². The Morgan fingerprint density at radius 2 is 2.00 bits per heavy atom. The van der Waals surface area contributed by atoms with Gasteiger partial charge in [-0.25, -0.2) is 9.55 Å². The predicted molar refractivity (Wildman–Crippen MR) is 68.7 cm³/mol. The van der Waals surface area contributed by atoms with Crippen LogP contribution in [0, 0.1) is 0 Å². The van der Waals surface area contributed by atoms with Crippen molar-refractivity contribution in [3.8, 4) is 0 Å². The van der Waals surface area contributed by atoms with E-state index < -0.39 is 5.56 Å². The van der Waals surface area contributed by atoms with Crippen molar-refractivity contribution in [3.63, 3.8) is 0 Å². The summed E-state index contributed by atoms with van der Waals surface area (Å²) in [5, 5.41) is 0. The van der Waals surface area contributed by atoms with E-state index in [1.165, 1.54) is 6.33 Å². The average Bonchev–Trinajstić information content (AvgIpc) is 2.89. The van der Waals surface area contributed by atoms with Gasteiger partial charge < -0.3 is 10.7 Å². The van der Waals surface area contributed by atoms with Crippen molar-refractivity contribution in [1.82, 2.24) is 19.5 Å². The summed E-state index contributed by atoms with van der Waals surface area (Å²) in [6.07, 6.45) is 1.32. The molecule has 3 rings (SSSR count). The van der Waals surface area contributed by atoms with Crippen LogP contribution >= 0.6 is 0 Å². The van der Waals surface area contributed by atoms with Gasteiger partial charge in [-0.1, -0.05) is 18.2 Å². The lowest BCUT2D eigenvalue weighted by atomic mass is 10.2. The topological polar surface area (TPSA) is 107 Å². The number of nitrogen functional groups attached to an aromatic ring is 1. The molecule has 0 atom stereocenters. The number of benzene rings is 1. The number of aromatic nitrogens is 4. The first kappa shape index (κ1) is 11.1. The summed E-state index contributed by atoms with van der Waals surface area (Å²) in [6.45, 7) is 0. The second-order valence-corrected chi connectivity index (χ2v) is 3.88. The zero-order valence-electron chi connectivity index (χ0n) is 9.70. The Morgan fingerprint density at radius 3 is 2.74 bits per heavy atom. The quantitative estimate of drug-likeness (QED) is 0.654. The Bertz CT molecular complexity index is 819. The number of carbonyl (C=O) groups excluding carboxylic acids is 1. The lowest BCUT2D eigenvalue weighted by Gasteiger charge is -2.08. The molecule has 0 radical (unpaired) electrons. The monoisotopic (exact) mass is 255 g/mol. The van der Waals surface area contributed by atoms with Crippen LogP contribution in [0.15, 0.2) is 41.5 Å². The summed E-state index contributed by atoms with van der Waals surface area (Å²) >= 11 is 0. The van der Waals surface area contributed by atoms with Gasteiger partial charge in [0.25, 0.3) is 5.91 Å². The molecule has 0 aliphatic heterocycles. The molecule has 1 aromatic carbocycles. The highest BCUT2D eigenvalue weighted by atomic mass is 16.2. The smallest absolute Gasteiger partial charge is 0.300 e. The van der Waals surface area contributed by atoms with E-state index in [1.54, 1.807) is 30.3 Å². The molecule has 0 spiro atoms. The molecule has 94 valence electrons. The minimum atomic E-state index is -0.540. The predicted octanol–water partition coefficient (Wildman–Crippen LogP) is 0.390. The van der Waals surface area contributed by atoms with E-state index in [4.69, 9.17) is 5.73 Å². The van der Waals surface area contributed by atoms with Gasteiger partial charge in [0.2, 0.25) is 5.95 Å². The van der Waals surface area contributed by atoms with Gasteiger partial charge >= 0.3 is 5.56 Å². The zero-order valence-corrected chi connectivity index (χ0v) is 9.70. The lowest BCUT2D eigenvalue weighted by Crippen LogP contribution is -2.23. The number of nitrogens with one attached hydrogen (secondary N) is 1. The number of hydrogen-bond acceptors (Lipinski definition) is 5. The normalized spacial score (nSPS) is 10.7. The third kappa shape index (κ3) is 1.68. The second kappa shape index (κ2) is 4.05. The van der Waals surface area contributed by atoms with Gasteiger partial charge in [-0.15, -0.1) is 0 Å². The highest BCUT2D eigenvalue weighted by Gasteiger charge is 2.17. The molecule has 0 saturated heterocycles. The summed E-state index contributed by atoms with van der Waals surface area (Å²) < 4.78 is 1.11. The number of nitrogens with zero attached hydrogens (tertiary/aromatic N) is 3. The Kier molecular flexibility index (Phi) is 2.38. The Morgan fingerprint density at radius 1 is 1.26 bits per heavy atom. The van der Waals surface area contributed by atoms with Gasteiger partial charge in [0.15, 0.2) is 11.2 Å². The average molecular weight is 255 g/mol. The summed E-state index contributed by atoms with van der Waals surface area (Å²) in [6, 6.07) is 8.58. The third-order valence-electron chi connectivity index (χ3n) is 2.71. The van der Waals surface area contributed by atoms with Crippen molar-refractivity contribution in [2.45, 2.75) is 0 Å². The molecule has 0 fully saturated rings. The number of anilines is 1. The fourth-order valence-corrected chi connectivity index (χ4v) is 1.84. The molecule has 7 nitrogen and oxygen atoms in total. The van der Waals surface area contributed by atoms with Crippen LogP contribution < -0.4 is 11.3 Å². The number of hydrogen-bond donors (Lipinski definition) is 2. The maximum absolute atomic E-state index is 12.4. The highest BCUT2D eigenvalue weighted by Crippen LogP contribution is 2.12. The van der Waals surface area contributed by atoms with E-state index in [-0.39, 0.29) is 23.0 Å². The number of rotatable bonds is 1. The molecule has 19 heavy (non-hydrogen) atoms. The molecule has 3 N–H and O–H groups in total. The summed E-state index contributed by atoms with van der Waals surface area (Å²) in [4.78, 5) is 34.2. The first-order chi connectivity index (χ1) is 9.18. The molecular formula is C12H9N5O2. The van der Waals surface area contributed by atoms with Crippen LogP contribution in [-0.4, -0.2) is 25.4 Å². The van der Waals surface area contributed by atoms with Gasteiger partial charge in [-0.3, -0.25) is 9.59 Å². The Balaban J connectivity index is 2.29. The minimum absolute atomic E-state index is 0.151.